The minimum Gasteiger partial charge on any atom is -0.491 e. The molecule has 18 heavy (non-hydrogen) atoms. The summed E-state index contributed by atoms with van der Waals surface area (Å²) in [5, 5.41) is 13.8. The molecule has 2 N–H and O–H groups in total. The number of nitrogens with one attached hydrogen (secondary N) is 1. The van der Waals surface area contributed by atoms with Crippen molar-refractivity contribution in [3.63, 3.8) is 0 Å². The van der Waals surface area contributed by atoms with Crippen LogP contribution in [0.2, 0.25) is 5.02 Å². The Morgan fingerprint density at radius 3 is 2.78 bits per heavy atom. The molecular formula is C14H22ClNO2. The molecule has 1 atom stereocenters. The topological polar surface area (TPSA) is 41.5 Å². The van der Waals surface area contributed by atoms with Crippen molar-refractivity contribution in [2.24, 2.45) is 0 Å². The van der Waals surface area contributed by atoms with E-state index in [0.29, 0.717) is 30.5 Å². The van der Waals surface area contributed by atoms with Gasteiger partial charge in [-0.1, -0.05) is 37.1 Å². The highest BCUT2D eigenvalue weighted by atomic mass is 35.5. The van der Waals surface area contributed by atoms with Crippen molar-refractivity contribution in [1.82, 2.24) is 5.32 Å². The third-order valence-corrected chi connectivity index (χ3v) is 2.98. The Labute approximate surface area is 114 Å². The van der Waals surface area contributed by atoms with Crippen molar-refractivity contribution in [3.8, 4) is 5.75 Å². The number of aliphatic hydroxyl groups is 1. The molecule has 0 saturated heterocycles. The molecule has 0 fully saturated rings. The van der Waals surface area contributed by atoms with Gasteiger partial charge in [-0.25, -0.2) is 0 Å². The predicted octanol–water partition coefficient (Wildman–Crippen LogP) is 2.86. The highest BCUT2D eigenvalue weighted by Gasteiger charge is 2.17. The van der Waals surface area contributed by atoms with Crippen molar-refractivity contribution >= 4 is 11.6 Å². The van der Waals surface area contributed by atoms with E-state index in [-0.39, 0.29) is 0 Å². The molecule has 0 radical (unpaired) electrons. The van der Waals surface area contributed by atoms with Gasteiger partial charge in [0.2, 0.25) is 0 Å². The van der Waals surface area contributed by atoms with Gasteiger partial charge in [0.15, 0.2) is 0 Å². The van der Waals surface area contributed by atoms with Crippen LogP contribution >= 0.6 is 11.6 Å². The first-order chi connectivity index (χ1) is 8.55. The lowest BCUT2D eigenvalue weighted by molar-refractivity contribution is 0.0494. The molecule has 0 spiro atoms. The summed E-state index contributed by atoms with van der Waals surface area (Å²) in [7, 11) is 0. The normalized spacial score (nSPS) is 14.2. The van der Waals surface area contributed by atoms with Crippen molar-refractivity contribution in [2.75, 3.05) is 19.7 Å². The first-order valence-corrected chi connectivity index (χ1v) is 6.73. The van der Waals surface area contributed by atoms with E-state index >= 15 is 0 Å². The molecule has 0 aromatic heterocycles. The Bertz CT molecular complexity index is 355. The quantitative estimate of drug-likeness (QED) is 0.715. The van der Waals surface area contributed by atoms with Crippen molar-refractivity contribution < 1.29 is 9.84 Å². The van der Waals surface area contributed by atoms with Crippen LogP contribution in [0.4, 0.5) is 0 Å². The third kappa shape index (κ3) is 5.71. The van der Waals surface area contributed by atoms with Crippen LogP contribution in [0.3, 0.4) is 0 Å². The van der Waals surface area contributed by atoms with Crippen LogP contribution in [0.15, 0.2) is 24.3 Å². The molecule has 102 valence electrons. The van der Waals surface area contributed by atoms with E-state index in [9.17, 15) is 5.11 Å². The smallest absolute Gasteiger partial charge is 0.137 e. The molecule has 0 amide bonds. The number of para-hydroxylation sites is 1. The fourth-order valence-corrected chi connectivity index (χ4v) is 1.97. The summed E-state index contributed by atoms with van der Waals surface area (Å²) >= 11 is 5.97. The molecule has 0 aliphatic heterocycles. The van der Waals surface area contributed by atoms with E-state index in [2.05, 4.69) is 12.2 Å². The molecular weight excluding hydrogens is 250 g/mol. The van der Waals surface area contributed by atoms with Gasteiger partial charge in [0.1, 0.15) is 12.4 Å². The van der Waals surface area contributed by atoms with Crippen LogP contribution in [0.1, 0.15) is 26.7 Å². The predicted molar refractivity (Wildman–Crippen MR) is 75.3 cm³/mol. The number of benzene rings is 1. The Morgan fingerprint density at radius 2 is 2.11 bits per heavy atom. The van der Waals surface area contributed by atoms with Crippen LogP contribution in [-0.2, 0) is 0 Å². The molecule has 0 aliphatic carbocycles. The minimum atomic E-state index is -0.640. The summed E-state index contributed by atoms with van der Waals surface area (Å²) in [4.78, 5) is 0. The fraction of sp³-hybridized carbons (Fsp3) is 0.571. The summed E-state index contributed by atoms with van der Waals surface area (Å²) in [5.74, 6) is 0.696. The minimum absolute atomic E-state index is 0.534. The third-order valence-electron chi connectivity index (χ3n) is 2.67. The second kappa shape index (κ2) is 7.62. The van der Waals surface area contributed by atoms with E-state index in [1.165, 1.54) is 0 Å². The van der Waals surface area contributed by atoms with Gasteiger partial charge in [0, 0.05) is 13.1 Å². The maximum Gasteiger partial charge on any atom is 0.137 e. The Kier molecular flexibility index (Phi) is 6.47. The average Bonchev–Trinajstić information content (AvgIpc) is 2.31. The van der Waals surface area contributed by atoms with Crippen molar-refractivity contribution in [3.05, 3.63) is 29.3 Å². The number of hydrogen-bond donors (Lipinski definition) is 2. The first-order valence-electron chi connectivity index (χ1n) is 6.35. The van der Waals surface area contributed by atoms with Crippen LogP contribution in [-0.4, -0.2) is 30.4 Å². The summed E-state index contributed by atoms with van der Waals surface area (Å²) in [6.07, 6.45) is 1.77. The molecule has 1 rings (SSSR count). The van der Waals surface area contributed by atoms with Gasteiger partial charge in [-0.05, 0) is 25.5 Å². The standard InChI is InChI=1S/C14H22ClNO2/c1-3-8-14(2,17)11-16-9-10-18-13-7-5-4-6-12(13)15/h4-7,16-17H,3,8-11H2,1-2H3/t14-/m1/s1. The zero-order valence-electron chi connectivity index (χ0n) is 11.1. The maximum absolute atomic E-state index is 9.95. The first kappa shape index (κ1) is 15.3. The summed E-state index contributed by atoms with van der Waals surface area (Å²) < 4.78 is 5.54. The second-order valence-electron chi connectivity index (χ2n) is 4.70. The van der Waals surface area contributed by atoms with Gasteiger partial charge in [-0.2, -0.15) is 0 Å². The second-order valence-corrected chi connectivity index (χ2v) is 5.11. The van der Waals surface area contributed by atoms with Crippen molar-refractivity contribution in [1.29, 1.82) is 0 Å². The molecule has 0 aliphatic rings. The van der Waals surface area contributed by atoms with Gasteiger partial charge >= 0.3 is 0 Å². The Morgan fingerprint density at radius 1 is 1.39 bits per heavy atom. The molecule has 0 heterocycles. The van der Waals surface area contributed by atoms with Gasteiger partial charge in [0.25, 0.3) is 0 Å². The van der Waals surface area contributed by atoms with Gasteiger partial charge in [0.05, 0.1) is 10.6 Å². The van der Waals surface area contributed by atoms with E-state index in [0.717, 1.165) is 12.8 Å². The molecule has 0 saturated carbocycles. The lowest BCUT2D eigenvalue weighted by Gasteiger charge is -2.23. The largest absolute Gasteiger partial charge is 0.491 e. The number of ether oxygens (including phenoxy) is 1. The van der Waals surface area contributed by atoms with E-state index in [4.69, 9.17) is 16.3 Å². The van der Waals surface area contributed by atoms with E-state index in [1.807, 2.05) is 25.1 Å². The van der Waals surface area contributed by atoms with Crippen LogP contribution in [0, 0.1) is 0 Å². The molecule has 3 nitrogen and oxygen atoms in total. The van der Waals surface area contributed by atoms with Crippen LogP contribution < -0.4 is 10.1 Å². The SMILES string of the molecule is CCC[C@@](C)(O)CNCCOc1ccccc1Cl. The van der Waals surface area contributed by atoms with E-state index < -0.39 is 5.60 Å². The molecule has 1 aromatic rings. The highest BCUT2D eigenvalue weighted by Crippen LogP contribution is 2.22. The lowest BCUT2D eigenvalue weighted by atomic mass is 10.0. The highest BCUT2D eigenvalue weighted by molar-refractivity contribution is 6.32. The number of halogens is 1. The molecule has 0 unspecified atom stereocenters. The number of hydrogen-bond acceptors (Lipinski definition) is 3. The Hall–Kier alpha value is -0.770. The average molecular weight is 272 g/mol. The van der Waals surface area contributed by atoms with E-state index in [1.54, 1.807) is 6.07 Å². The fourth-order valence-electron chi connectivity index (χ4n) is 1.78. The van der Waals surface area contributed by atoms with Crippen LogP contribution in [0.25, 0.3) is 0 Å². The molecule has 4 heteroatoms. The number of rotatable bonds is 8. The molecule has 1 aromatic carbocycles. The summed E-state index contributed by atoms with van der Waals surface area (Å²) in [6.45, 7) is 5.71. The Balaban J connectivity index is 2.18. The van der Waals surface area contributed by atoms with Gasteiger partial charge in [-0.15, -0.1) is 0 Å². The van der Waals surface area contributed by atoms with Crippen LogP contribution in [0.5, 0.6) is 5.75 Å². The van der Waals surface area contributed by atoms with Crippen molar-refractivity contribution in [2.45, 2.75) is 32.3 Å². The summed E-state index contributed by atoms with van der Waals surface area (Å²) in [6, 6.07) is 7.40. The lowest BCUT2D eigenvalue weighted by Crippen LogP contribution is -2.39. The zero-order valence-corrected chi connectivity index (χ0v) is 11.8. The van der Waals surface area contributed by atoms with Gasteiger partial charge < -0.3 is 15.2 Å². The zero-order chi connectivity index (χ0) is 13.4. The maximum atomic E-state index is 9.95. The summed E-state index contributed by atoms with van der Waals surface area (Å²) in [5.41, 5.74) is -0.640. The van der Waals surface area contributed by atoms with Gasteiger partial charge in [-0.3, -0.25) is 0 Å². The molecule has 0 bridgehead atoms. The monoisotopic (exact) mass is 271 g/mol.